The second kappa shape index (κ2) is 12.0. The highest BCUT2D eigenvalue weighted by atomic mass is 32.1. The zero-order valence-corrected chi connectivity index (χ0v) is 24.5. The fraction of sp³-hybridized carbons (Fsp3) is 0.129. The number of anilines is 2. The molecule has 0 bridgehead atoms. The Morgan fingerprint density at radius 1 is 1.02 bits per heavy atom. The summed E-state index contributed by atoms with van der Waals surface area (Å²) < 4.78 is 1.20. The Morgan fingerprint density at radius 3 is 2.56 bits per heavy atom. The van der Waals surface area contributed by atoms with Gasteiger partial charge < -0.3 is 20.8 Å². The van der Waals surface area contributed by atoms with Crippen LogP contribution < -0.4 is 21.9 Å². The van der Waals surface area contributed by atoms with E-state index in [-0.39, 0.29) is 41.2 Å². The zero-order chi connectivity index (χ0) is 31.7. The summed E-state index contributed by atoms with van der Waals surface area (Å²) in [6.45, 7) is 1.74. The Morgan fingerprint density at radius 2 is 1.78 bits per heavy atom. The molecule has 14 heteroatoms. The van der Waals surface area contributed by atoms with Crippen molar-refractivity contribution in [2.45, 2.75) is 19.3 Å². The van der Waals surface area contributed by atoms with Gasteiger partial charge in [0.1, 0.15) is 11.6 Å². The maximum absolute atomic E-state index is 13.4. The van der Waals surface area contributed by atoms with Crippen molar-refractivity contribution in [3.8, 4) is 11.6 Å². The van der Waals surface area contributed by atoms with Gasteiger partial charge in [0, 0.05) is 35.3 Å². The number of amides is 1. The van der Waals surface area contributed by atoms with Crippen LogP contribution in [0.15, 0.2) is 69.8 Å². The minimum Gasteiger partial charge on any atom is -0.508 e. The number of nitrogens with one attached hydrogen (secondary N) is 3. The summed E-state index contributed by atoms with van der Waals surface area (Å²) in [5.74, 6) is -1.79. The number of aromatic nitrogens is 5. The summed E-state index contributed by atoms with van der Waals surface area (Å²) in [7, 11) is 0. The van der Waals surface area contributed by atoms with Gasteiger partial charge in [0.05, 0.1) is 18.7 Å². The fourth-order valence-electron chi connectivity index (χ4n) is 5.11. The number of phenolic OH excluding ortho intramolecular Hbond substituents is 1. The summed E-state index contributed by atoms with van der Waals surface area (Å²) in [5.41, 5.74) is 3.63. The Labute approximate surface area is 258 Å². The van der Waals surface area contributed by atoms with Crippen LogP contribution in [0, 0.1) is 6.92 Å². The fourth-order valence-corrected chi connectivity index (χ4v) is 5.83. The molecule has 0 saturated carbocycles. The number of hydrogen-bond donors (Lipinski definition) is 5. The molecule has 5 aromatic rings. The smallest absolute Gasteiger partial charge is 0.334 e. The molecule has 0 spiro atoms. The van der Waals surface area contributed by atoms with E-state index in [1.165, 1.54) is 23.0 Å². The summed E-state index contributed by atoms with van der Waals surface area (Å²) in [6.07, 6.45) is 6.43. The molecule has 0 radical (unpaired) electrons. The van der Waals surface area contributed by atoms with E-state index in [9.17, 15) is 24.3 Å². The van der Waals surface area contributed by atoms with Crippen molar-refractivity contribution in [3.05, 3.63) is 120 Å². The minimum atomic E-state index is -1.03. The van der Waals surface area contributed by atoms with E-state index >= 15 is 0 Å². The lowest BCUT2D eigenvalue weighted by Crippen LogP contribution is -2.33. The number of thiazole rings is 1. The number of benzene rings is 2. The third kappa shape index (κ3) is 6.26. The summed E-state index contributed by atoms with van der Waals surface area (Å²) in [6, 6.07) is 12.4. The van der Waals surface area contributed by atoms with Gasteiger partial charge in [0.25, 0.3) is 5.56 Å². The number of fused-ring (bicyclic) bond motifs is 2. The molecular formula is C31H25N7O6S. The monoisotopic (exact) mass is 623 g/mol. The first kappa shape index (κ1) is 29.2. The number of carbonyl (C=O) groups excluding carboxylic acids is 1. The van der Waals surface area contributed by atoms with Gasteiger partial charge in [-0.05, 0) is 41.3 Å². The minimum absolute atomic E-state index is 0.0494. The summed E-state index contributed by atoms with van der Waals surface area (Å²) >= 11 is 1.10. The maximum atomic E-state index is 13.4. The Kier molecular flexibility index (Phi) is 7.79. The quantitative estimate of drug-likeness (QED) is 0.168. The zero-order valence-electron chi connectivity index (χ0n) is 23.6. The standard InChI is InChI=1S/C31H25N7O6S/c1-16-2-6-21-17(10-16)3-4-18-11-20(39)5-7-22(18)27(21)23-14-38(31(44)37-28(23)43)24-8-9-32-29(35-24)33-13-25(40)36-30-34-19(15-45-30)12-26(41)42/h2-11,14-15,27,39H,12-13H2,1H3,(H,41,42)(H,32,33,35)(H,34,36,40)(H,37,43,44). The van der Waals surface area contributed by atoms with Crippen LogP contribution in [0.3, 0.4) is 0 Å². The lowest BCUT2D eigenvalue weighted by Gasteiger charge is -2.21. The van der Waals surface area contributed by atoms with Crippen molar-refractivity contribution in [2.24, 2.45) is 0 Å². The average molecular weight is 624 g/mol. The first-order chi connectivity index (χ1) is 21.6. The Bertz CT molecular complexity index is 2060. The van der Waals surface area contributed by atoms with Gasteiger partial charge in [-0.1, -0.05) is 42.0 Å². The van der Waals surface area contributed by atoms with E-state index < -0.39 is 29.0 Å². The van der Waals surface area contributed by atoms with E-state index in [4.69, 9.17) is 5.11 Å². The van der Waals surface area contributed by atoms with E-state index in [1.54, 1.807) is 23.6 Å². The molecule has 1 aliphatic rings. The molecule has 3 aromatic heterocycles. The molecule has 2 aromatic carbocycles. The lowest BCUT2D eigenvalue weighted by atomic mass is 9.83. The number of H-pyrrole nitrogens is 1. The SMILES string of the molecule is Cc1ccc2c(c1)C=Cc1cc(O)ccc1C2c1cn(-c2ccnc(NCC(=O)Nc3nc(CC(=O)O)cs3)n2)c(=O)[nH]c1=O. The largest absolute Gasteiger partial charge is 0.508 e. The van der Waals surface area contributed by atoms with Crippen molar-refractivity contribution in [2.75, 3.05) is 17.2 Å². The van der Waals surface area contributed by atoms with Crippen LogP contribution in [0.2, 0.25) is 0 Å². The maximum Gasteiger partial charge on any atom is 0.334 e. The van der Waals surface area contributed by atoms with Gasteiger partial charge in [-0.3, -0.25) is 23.9 Å². The van der Waals surface area contributed by atoms with E-state index in [2.05, 4.69) is 30.6 Å². The molecule has 3 heterocycles. The van der Waals surface area contributed by atoms with Crippen LogP contribution in [-0.4, -0.2) is 53.1 Å². The first-order valence-corrected chi connectivity index (χ1v) is 14.5. The second-order valence-electron chi connectivity index (χ2n) is 10.3. The number of nitrogens with zero attached hydrogens (tertiary/aromatic N) is 4. The van der Waals surface area contributed by atoms with Crippen LogP contribution in [0.4, 0.5) is 11.1 Å². The van der Waals surface area contributed by atoms with Crippen molar-refractivity contribution in [1.82, 2.24) is 24.5 Å². The molecule has 1 atom stereocenters. The molecular weight excluding hydrogens is 598 g/mol. The lowest BCUT2D eigenvalue weighted by molar-refractivity contribution is -0.136. The number of carbonyl (C=O) groups is 2. The number of carboxylic acids is 1. The van der Waals surface area contributed by atoms with Crippen LogP contribution in [0.25, 0.3) is 18.0 Å². The number of aromatic amines is 1. The highest BCUT2D eigenvalue weighted by molar-refractivity contribution is 7.13. The number of phenols is 1. The van der Waals surface area contributed by atoms with Gasteiger partial charge in [0.2, 0.25) is 11.9 Å². The molecule has 1 unspecified atom stereocenters. The highest BCUT2D eigenvalue weighted by Gasteiger charge is 2.27. The van der Waals surface area contributed by atoms with Gasteiger partial charge >= 0.3 is 11.7 Å². The second-order valence-corrected chi connectivity index (χ2v) is 11.1. The average Bonchev–Trinajstić information content (AvgIpc) is 3.36. The molecule has 6 rings (SSSR count). The highest BCUT2D eigenvalue weighted by Crippen LogP contribution is 2.39. The third-order valence-corrected chi connectivity index (χ3v) is 7.89. The molecule has 13 nitrogen and oxygen atoms in total. The number of aromatic hydroxyl groups is 1. The molecule has 1 amide bonds. The topological polar surface area (TPSA) is 192 Å². The molecule has 5 N–H and O–H groups in total. The number of aryl methyl sites for hydroxylation is 1. The molecule has 45 heavy (non-hydrogen) atoms. The van der Waals surface area contributed by atoms with Crippen LogP contribution >= 0.6 is 11.3 Å². The van der Waals surface area contributed by atoms with E-state index in [0.717, 1.165) is 39.2 Å². The van der Waals surface area contributed by atoms with Crippen molar-refractivity contribution in [3.63, 3.8) is 0 Å². The Balaban J connectivity index is 1.30. The van der Waals surface area contributed by atoms with Crippen LogP contribution in [-0.2, 0) is 16.0 Å². The van der Waals surface area contributed by atoms with E-state index in [0.29, 0.717) is 5.69 Å². The van der Waals surface area contributed by atoms with Crippen molar-refractivity contribution >= 4 is 46.4 Å². The predicted octanol–water partition coefficient (Wildman–Crippen LogP) is 3.13. The molecule has 0 aliphatic heterocycles. The molecule has 0 fully saturated rings. The van der Waals surface area contributed by atoms with Gasteiger partial charge in [-0.15, -0.1) is 11.3 Å². The number of aliphatic carboxylic acids is 1. The van der Waals surface area contributed by atoms with Crippen LogP contribution in [0.5, 0.6) is 5.75 Å². The van der Waals surface area contributed by atoms with Gasteiger partial charge in [-0.25, -0.2) is 14.8 Å². The molecule has 1 aliphatic carbocycles. The normalized spacial score (nSPS) is 13.4. The third-order valence-electron chi connectivity index (χ3n) is 7.08. The van der Waals surface area contributed by atoms with E-state index in [1.807, 2.05) is 37.3 Å². The van der Waals surface area contributed by atoms with Gasteiger partial charge in [-0.2, -0.15) is 4.98 Å². The summed E-state index contributed by atoms with van der Waals surface area (Å²) in [4.78, 5) is 64.7. The van der Waals surface area contributed by atoms with Gasteiger partial charge in [0.15, 0.2) is 5.13 Å². The number of rotatable bonds is 8. The van der Waals surface area contributed by atoms with Crippen LogP contribution in [0.1, 0.15) is 45.0 Å². The summed E-state index contributed by atoms with van der Waals surface area (Å²) in [5, 5.41) is 26.3. The predicted molar refractivity (Wildman–Crippen MR) is 168 cm³/mol. The number of hydrogen-bond acceptors (Lipinski definition) is 10. The number of carboxylic acid groups (broad SMARTS) is 1. The molecule has 226 valence electrons. The first-order valence-electron chi connectivity index (χ1n) is 13.7. The molecule has 0 saturated heterocycles. The van der Waals surface area contributed by atoms with Crippen molar-refractivity contribution < 1.29 is 19.8 Å². The van der Waals surface area contributed by atoms with Crippen molar-refractivity contribution in [1.29, 1.82) is 0 Å². The Hall–Kier alpha value is -5.89.